The molecule has 0 saturated heterocycles. The van der Waals surface area contributed by atoms with Crippen LogP contribution in [-0.4, -0.2) is 31.9 Å². The molecule has 0 N–H and O–H groups in total. The first-order chi connectivity index (χ1) is 12.0. The summed E-state index contributed by atoms with van der Waals surface area (Å²) in [6, 6.07) is 9.11. The maximum Gasteiger partial charge on any atom is 0.258 e. The largest absolute Gasteiger partial charge is 0.493 e. The molecule has 0 bridgehead atoms. The molecule has 1 amide bonds. The number of amides is 1. The highest BCUT2D eigenvalue weighted by Gasteiger charge is 2.26. The van der Waals surface area contributed by atoms with Crippen LogP contribution < -0.4 is 14.4 Å². The standard InChI is InChI=1S/C18H17BrClNO3S/c1-3-24-17-13(19)8-11(9-15(17)23-2)18(22)21-6-7-25-16-5-4-12(20)10-14(16)21/h4-5,8-10H,3,6-7H2,1-2H3. The molecule has 1 aliphatic rings. The lowest BCUT2D eigenvalue weighted by Gasteiger charge is -2.29. The molecule has 25 heavy (non-hydrogen) atoms. The number of ether oxygens (including phenoxy) is 2. The maximum absolute atomic E-state index is 13.1. The minimum Gasteiger partial charge on any atom is -0.493 e. The third-order valence-electron chi connectivity index (χ3n) is 3.79. The molecule has 1 aliphatic heterocycles. The Bertz CT molecular complexity index is 815. The zero-order valence-electron chi connectivity index (χ0n) is 13.8. The van der Waals surface area contributed by atoms with Gasteiger partial charge in [-0.25, -0.2) is 0 Å². The van der Waals surface area contributed by atoms with Crippen LogP contribution in [0.25, 0.3) is 0 Å². The number of halogens is 2. The van der Waals surface area contributed by atoms with Gasteiger partial charge < -0.3 is 14.4 Å². The average molecular weight is 443 g/mol. The number of carbonyl (C=O) groups is 1. The van der Waals surface area contributed by atoms with Gasteiger partial charge in [0.25, 0.3) is 5.91 Å². The van der Waals surface area contributed by atoms with Crippen LogP contribution in [0.1, 0.15) is 17.3 Å². The topological polar surface area (TPSA) is 38.8 Å². The van der Waals surface area contributed by atoms with Crippen molar-refractivity contribution in [3.63, 3.8) is 0 Å². The third kappa shape index (κ3) is 3.76. The van der Waals surface area contributed by atoms with Gasteiger partial charge in [0.15, 0.2) is 11.5 Å². The van der Waals surface area contributed by atoms with E-state index in [-0.39, 0.29) is 5.91 Å². The van der Waals surface area contributed by atoms with Crippen LogP contribution in [-0.2, 0) is 0 Å². The maximum atomic E-state index is 13.1. The highest BCUT2D eigenvalue weighted by Crippen LogP contribution is 2.40. The van der Waals surface area contributed by atoms with E-state index in [0.717, 1.165) is 16.3 Å². The Kier molecular flexibility index (Phi) is 5.81. The molecule has 0 atom stereocenters. The van der Waals surface area contributed by atoms with Crippen molar-refractivity contribution in [1.29, 1.82) is 0 Å². The Labute approximate surface area is 164 Å². The van der Waals surface area contributed by atoms with Crippen LogP contribution in [0, 0.1) is 0 Å². The van der Waals surface area contributed by atoms with Crippen molar-refractivity contribution in [1.82, 2.24) is 0 Å². The lowest BCUT2D eigenvalue weighted by atomic mass is 10.1. The molecule has 7 heteroatoms. The van der Waals surface area contributed by atoms with Gasteiger partial charge >= 0.3 is 0 Å². The van der Waals surface area contributed by atoms with Crippen LogP contribution in [0.4, 0.5) is 5.69 Å². The molecule has 132 valence electrons. The van der Waals surface area contributed by atoms with Crippen molar-refractivity contribution in [2.45, 2.75) is 11.8 Å². The molecule has 0 aliphatic carbocycles. The smallest absolute Gasteiger partial charge is 0.258 e. The molecular formula is C18H17BrClNO3S. The number of hydrogen-bond donors (Lipinski definition) is 0. The van der Waals surface area contributed by atoms with Crippen molar-refractivity contribution >= 4 is 50.9 Å². The molecule has 0 saturated carbocycles. The van der Waals surface area contributed by atoms with Gasteiger partial charge in [-0.2, -0.15) is 0 Å². The lowest BCUT2D eigenvalue weighted by molar-refractivity contribution is 0.0987. The Morgan fingerprint density at radius 3 is 2.88 bits per heavy atom. The average Bonchev–Trinajstić information content (AvgIpc) is 2.62. The molecule has 2 aromatic rings. The first-order valence-corrected chi connectivity index (χ1v) is 9.95. The fourth-order valence-electron chi connectivity index (χ4n) is 2.69. The van der Waals surface area contributed by atoms with Gasteiger partial charge in [-0.1, -0.05) is 11.6 Å². The zero-order valence-corrected chi connectivity index (χ0v) is 17.0. The van der Waals surface area contributed by atoms with Crippen molar-refractivity contribution in [3.8, 4) is 11.5 Å². The van der Waals surface area contributed by atoms with Crippen molar-refractivity contribution in [3.05, 3.63) is 45.4 Å². The van der Waals surface area contributed by atoms with Gasteiger partial charge in [0, 0.05) is 27.8 Å². The molecule has 0 spiro atoms. The number of nitrogens with zero attached hydrogens (tertiary/aromatic N) is 1. The molecule has 2 aromatic carbocycles. The second-order valence-corrected chi connectivity index (χ2v) is 7.77. The minimum atomic E-state index is -0.0918. The van der Waals surface area contributed by atoms with E-state index in [1.807, 2.05) is 25.1 Å². The van der Waals surface area contributed by atoms with E-state index in [9.17, 15) is 4.79 Å². The number of thioether (sulfide) groups is 1. The summed E-state index contributed by atoms with van der Waals surface area (Å²) in [5, 5.41) is 0.615. The monoisotopic (exact) mass is 441 g/mol. The summed E-state index contributed by atoms with van der Waals surface area (Å²) in [6.45, 7) is 3.04. The number of fused-ring (bicyclic) bond motifs is 1. The van der Waals surface area contributed by atoms with E-state index >= 15 is 0 Å². The van der Waals surface area contributed by atoms with E-state index in [0.29, 0.717) is 39.7 Å². The first-order valence-electron chi connectivity index (χ1n) is 7.79. The number of hydrogen-bond acceptors (Lipinski definition) is 4. The quantitative estimate of drug-likeness (QED) is 0.647. The van der Waals surface area contributed by atoms with Crippen LogP contribution in [0.15, 0.2) is 39.7 Å². The van der Waals surface area contributed by atoms with E-state index in [1.54, 1.807) is 35.9 Å². The SMILES string of the molecule is CCOc1c(Br)cc(C(=O)N2CCSc3ccc(Cl)cc32)cc1OC. The van der Waals surface area contributed by atoms with Gasteiger partial charge in [-0.15, -0.1) is 11.8 Å². The summed E-state index contributed by atoms with van der Waals surface area (Å²) in [4.78, 5) is 15.9. The summed E-state index contributed by atoms with van der Waals surface area (Å²) < 4.78 is 11.7. The minimum absolute atomic E-state index is 0.0918. The second kappa shape index (κ2) is 7.89. The van der Waals surface area contributed by atoms with E-state index in [1.165, 1.54) is 0 Å². The summed E-state index contributed by atoms with van der Waals surface area (Å²) in [7, 11) is 1.56. The number of benzene rings is 2. The van der Waals surface area contributed by atoms with Crippen LogP contribution in [0.2, 0.25) is 5.02 Å². The second-order valence-electron chi connectivity index (χ2n) is 5.34. The number of rotatable bonds is 4. The Balaban J connectivity index is 2.00. The van der Waals surface area contributed by atoms with Crippen molar-refractivity contribution in [2.75, 3.05) is 30.9 Å². The number of methoxy groups -OCH3 is 1. The Hall–Kier alpha value is -1.37. The van der Waals surface area contributed by atoms with E-state index < -0.39 is 0 Å². The van der Waals surface area contributed by atoms with Crippen LogP contribution in [0.5, 0.6) is 11.5 Å². The van der Waals surface area contributed by atoms with Crippen LogP contribution >= 0.6 is 39.3 Å². The molecule has 0 unspecified atom stereocenters. The van der Waals surface area contributed by atoms with Crippen LogP contribution in [0.3, 0.4) is 0 Å². The van der Waals surface area contributed by atoms with Gasteiger partial charge in [0.1, 0.15) is 0 Å². The first kappa shape index (κ1) is 18.4. The predicted octanol–water partition coefficient (Wildman–Crippen LogP) is 5.26. The van der Waals surface area contributed by atoms with Gasteiger partial charge in [-0.3, -0.25) is 4.79 Å². The molecule has 0 aromatic heterocycles. The predicted molar refractivity (Wildman–Crippen MR) is 106 cm³/mol. The van der Waals surface area contributed by atoms with Gasteiger partial charge in [-0.05, 0) is 53.2 Å². The fourth-order valence-corrected chi connectivity index (χ4v) is 4.38. The van der Waals surface area contributed by atoms with Gasteiger partial charge in [0.2, 0.25) is 0 Å². The Morgan fingerprint density at radius 1 is 1.36 bits per heavy atom. The molecule has 0 fully saturated rings. The van der Waals surface area contributed by atoms with E-state index in [4.69, 9.17) is 21.1 Å². The lowest BCUT2D eigenvalue weighted by Crippen LogP contribution is -2.35. The summed E-state index contributed by atoms with van der Waals surface area (Å²) in [5.74, 6) is 1.87. The molecular weight excluding hydrogens is 426 g/mol. The highest BCUT2D eigenvalue weighted by molar-refractivity contribution is 9.10. The molecule has 0 radical (unpaired) electrons. The number of anilines is 1. The molecule has 3 rings (SSSR count). The fraction of sp³-hybridized carbons (Fsp3) is 0.278. The highest BCUT2D eigenvalue weighted by atomic mass is 79.9. The van der Waals surface area contributed by atoms with Gasteiger partial charge in [0.05, 0.1) is 23.9 Å². The van der Waals surface area contributed by atoms with Crippen molar-refractivity contribution in [2.24, 2.45) is 0 Å². The summed E-state index contributed by atoms with van der Waals surface area (Å²) in [6.07, 6.45) is 0. The summed E-state index contributed by atoms with van der Waals surface area (Å²) >= 11 is 11.3. The normalized spacial score (nSPS) is 13.4. The third-order valence-corrected chi connectivity index (χ3v) is 5.66. The molecule has 4 nitrogen and oxygen atoms in total. The van der Waals surface area contributed by atoms with E-state index in [2.05, 4.69) is 15.9 Å². The zero-order chi connectivity index (χ0) is 18.0. The Morgan fingerprint density at radius 2 is 2.16 bits per heavy atom. The number of carbonyl (C=O) groups excluding carboxylic acids is 1. The molecule has 1 heterocycles. The summed E-state index contributed by atoms with van der Waals surface area (Å²) in [5.41, 5.74) is 1.38. The van der Waals surface area contributed by atoms with Crippen molar-refractivity contribution < 1.29 is 14.3 Å².